The first kappa shape index (κ1) is 22.0. The zero-order chi connectivity index (χ0) is 23.5. The molecule has 0 saturated heterocycles. The Hall–Kier alpha value is -2.83. The molecule has 2 unspecified atom stereocenters. The van der Waals surface area contributed by atoms with Gasteiger partial charge in [-0.05, 0) is 18.2 Å². The van der Waals surface area contributed by atoms with Crippen LogP contribution in [0.25, 0.3) is 28.5 Å². The summed E-state index contributed by atoms with van der Waals surface area (Å²) in [5, 5.41) is 3.94. The molecule has 0 bridgehead atoms. The zero-order valence-electron chi connectivity index (χ0n) is 16.3. The summed E-state index contributed by atoms with van der Waals surface area (Å²) in [7, 11) is 1.46. The molecule has 3 aromatic heterocycles. The summed E-state index contributed by atoms with van der Waals surface area (Å²) in [5.41, 5.74) is -2.36. The lowest BCUT2D eigenvalue weighted by atomic mass is 10.1. The lowest BCUT2D eigenvalue weighted by molar-refractivity contribution is -0.141. The van der Waals surface area contributed by atoms with Crippen LogP contribution in [0.2, 0.25) is 5.02 Å². The van der Waals surface area contributed by atoms with Crippen molar-refractivity contribution in [1.82, 2.24) is 19.7 Å². The van der Waals surface area contributed by atoms with Gasteiger partial charge in [0, 0.05) is 12.3 Å². The summed E-state index contributed by atoms with van der Waals surface area (Å²) in [6, 6.07) is 3.18. The summed E-state index contributed by atoms with van der Waals surface area (Å²) in [5.74, 6) is -0.526. The number of fused-ring (bicyclic) bond motifs is 2. The summed E-state index contributed by atoms with van der Waals surface area (Å²) in [4.78, 5) is 25.4. The molecule has 0 amide bonds. The van der Waals surface area contributed by atoms with Gasteiger partial charge in [-0.3, -0.25) is 0 Å². The molecular weight excluding hydrogens is 506 g/mol. The second-order valence-corrected chi connectivity index (χ2v) is 8.75. The van der Waals surface area contributed by atoms with E-state index >= 15 is 0 Å². The molecule has 14 heteroatoms. The molecule has 0 saturated carbocycles. The summed E-state index contributed by atoms with van der Waals surface area (Å²) < 4.78 is 51.6. The van der Waals surface area contributed by atoms with E-state index in [1.807, 2.05) is 0 Å². The monoisotopic (exact) mass is 515 g/mol. The Labute approximate surface area is 196 Å². The molecule has 4 heterocycles. The zero-order valence-corrected chi connectivity index (χ0v) is 18.6. The van der Waals surface area contributed by atoms with Gasteiger partial charge in [0.1, 0.15) is 5.69 Å². The first-order valence-electron chi connectivity index (χ1n) is 9.17. The number of pyridine rings is 1. The fraction of sp³-hybridized carbons (Fsp3) is 0.211. The molecular formula is C19H10Cl2F3N5O3S. The largest absolute Gasteiger partial charge is 0.476 e. The average molecular weight is 516 g/mol. The topological polar surface area (TPSA) is 95.4 Å². The quantitative estimate of drug-likeness (QED) is 0.517. The SMILES string of the molecule is COC1=NC2C=c3c(nc(-c4cc(C(F)(F)F)nn4-c4ncccc4Cl)oc3=O)=C(Cl)C2S1. The normalized spacial score (nSPS) is 19.6. The molecule has 0 spiro atoms. The Morgan fingerprint density at radius 1 is 1.30 bits per heavy atom. The van der Waals surface area contributed by atoms with Crippen molar-refractivity contribution in [1.29, 1.82) is 0 Å². The first-order valence-corrected chi connectivity index (χ1v) is 10.8. The third-order valence-electron chi connectivity index (χ3n) is 4.82. The Balaban J connectivity index is 1.75. The number of aromatic nitrogens is 4. The standard InChI is InChI=1S/C19H10Cl2F3N5O3S/c1-31-18-26-9-5-7-13(12(21)14(9)33-18)27-16(32-17(7)30)10-6-11(19(22,23)24)28-29(10)15-8(20)3-2-4-25-15/h2-6,9,14H,1H3. The van der Waals surface area contributed by atoms with Crippen molar-refractivity contribution < 1.29 is 22.3 Å². The van der Waals surface area contributed by atoms with Gasteiger partial charge in [-0.2, -0.15) is 18.3 Å². The molecule has 0 N–H and O–H groups in total. The van der Waals surface area contributed by atoms with Gasteiger partial charge in [-0.1, -0.05) is 35.0 Å². The van der Waals surface area contributed by atoms with E-state index in [1.54, 1.807) is 6.08 Å². The van der Waals surface area contributed by atoms with Crippen LogP contribution < -0.4 is 16.2 Å². The number of nitrogens with zero attached hydrogens (tertiary/aromatic N) is 5. The van der Waals surface area contributed by atoms with Crippen LogP contribution >= 0.6 is 35.0 Å². The van der Waals surface area contributed by atoms with E-state index < -0.39 is 34.7 Å². The van der Waals surface area contributed by atoms with Gasteiger partial charge < -0.3 is 9.15 Å². The second kappa shape index (κ2) is 7.89. The average Bonchev–Trinajstić information content (AvgIpc) is 3.39. The number of ether oxygens (including phenoxy) is 1. The van der Waals surface area contributed by atoms with Gasteiger partial charge in [0.25, 0.3) is 0 Å². The van der Waals surface area contributed by atoms with Crippen LogP contribution in [0, 0.1) is 0 Å². The molecule has 0 fully saturated rings. The fourth-order valence-electron chi connectivity index (χ4n) is 3.36. The van der Waals surface area contributed by atoms with Crippen LogP contribution in [-0.4, -0.2) is 43.4 Å². The van der Waals surface area contributed by atoms with Crippen molar-refractivity contribution in [3.05, 3.63) is 56.1 Å². The first-order chi connectivity index (χ1) is 15.7. The van der Waals surface area contributed by atoms with Crippen molar-refractivity contribution in [2.45, 2.75) is 17.5 Å². The fourth-order valence-corrected chi connectivity index (χ4v) is 4.96. The molecule has 1 aliphatic carbocycles. The van der Waals surface area contributed by atoms with E-state index in [2.05, 4.69) is 20.1 Å². The number of thioether (sulfide) groups is 1. The van der Waals surface area contributed by atoms with Crippen LogP contribution in [-0.2, 0) is 10.9 Å². The number of rotatable bonds is 2. The molecule has 0 radical (unpaired) electrons. The Morgan fingerprint density at radius 3 is 2.79 bits per heavy atom. The van der Waals surface area contributed by atoms with E-state index in [9.17, 15) is 18.0 Å². The number of halogens is 5. The highest BCUT2D eigenvalue weighted by Crippen LogP contribution is 2.36. The summed E-state index contributed by atoms with van der Waals surface area (Å²) >= 11 is 13.9. The lowest BCUT2D eigenvalue weighted by Gasteiger charge is -2.16. The van der Waals surface area contributed by atoms with Gasteiger partial charge in [0.2, 0.25) is 11.1 Å². The van der Waals surface area contributed by atoms with Crippen LogP contribution in [0.3, 0.4) is 0 Å². The third kappa shape index (κ3) is 3.71. The number of aliphatic imine (C=N–C) groups is 1. The third-order valence-corrected chi connectivity index (χ3v) is 6.90. The van der Waals surface area contributed by atoms with Crippen molar-refractivity contribution in [3.8, 4) is 17.4 Å². The molecule has 2 aliphatic rings. The van der Waals surface area contributed by atoms with E-state index in [4.69, 9.17) is 32.4 Å². The molecule has 170 valence electrons. The molecule has 5 rings (SSSR count). The Morgan fingerprint density at radius 2 is 2.09 bits per heavy atom. The van der Waals surface area contributed by atoms with Crippen LogP contribution in [0.15, 0.2) is 38.6 Å². The van der Waals surface area contributed by atoms with Gasteiger partial charge in [0.05, 0.1) is 39.0 Å². The maximum atomic E-state index is 13.4. The highest BCUT2D eigenvalue weighted by Gasteiger charge is 2.38. The number of hydrogen-bond acceptors (Lipinski definition) is 8. The number of hydrogen-bond donors (Lipinski definition) is 0. The highest BCUT2D eigenvalue weighted by atomic mass is 35.5. The van der Waals surface area contributed by atoms with Gasteiger partial charge >= 0.3 is 11.8 Å². The Bertz CT molecular complexity index is 1500. The predicted molar refractivity (Wildman–Crippen MR) is 116 cm³/mol. The summed E-state index contributed by atoms with van der Waals surface area (Å²) in [6.07, 6.45) is -1.91. The van der Waals surface area contributed by atoms with Crippen molar-refractivity contribution in [3.63, 3.8) is 0 Å². The molecule has 3 aromatic rings. The van der Waals surface area contributed by atoms with E-state index in [0.717, 1.165) is 4.68 Å². The minimum Gasteiger partial charge on any atom is -0.476 e. The minimum absolute atomic E-state index is 0.0308. The number of alkyl halides is 3. The van der Waals surface area contributed by atoms with Crippen molar-refractivity contribution in [2.75, 3.05) is 7.11 Å². The molecule has 1 aliphatic heterocycles. The Kier molecular flexibility index (Phi) is 5.26. The maximum absolute atomic E-state index is 13.4. The minimum atomic E-state index is -4.78. The maximum Gasteiger partial charge on any atom is 0.435 e. The second-order valence-electron chi connectivity index (χ2n) is 6.84. The lowest BCUT2D eigenvalue weighted by Crippen LogP contribution is -2.47. The molecule has 8 nitrogen and oxygen atoms in total. The number of methoxy groups -OCH3 is 1. The van der Waals surface area contributed by atoms with Gasteiger partial charge in [-0.25, -0.2) is 24.4 Å². The van der Waals surface area contributed by atoms with E-state index in [-0.39, 0.29) is 32.1 Å². The molecule has 0 aromatic carbocycles. The van der Waals surface area contributed by atoms with Crippen LogP contribution in [0.4, 0.5) is 13.2 Å². The smallest absolute Gasteiger partial charge is 0.435 e. The molecule has 33 heavy (non-hydrogen) atoms. The van der Waals surface area contributed by atoms with Gasteiger partial charge in [-0.15, -0.1) is 0 Å². The van der Waals surface area contributed by atoms with E-state index in [0.29, 0.717) is 11.3 Å². The molecule has 2 atom stereocenters. The highest BCUT2D eigenvalue weighted by molar-refractivity contribution is 8.14. The summed E-state index contributed by atoms with van der Waals surface area (Å²) in [6.45, 7) is 0. The van der Waals surface area contributed by atoms with Gasteiger partial charge in [0.15, 0.2) is 11.5 Å². The van der Waals surface area contributed by atoms with E-state index in [1.165, 1.54) is 37.2 Å². The van der Waals surface area contributed by atoms with Crippen LogP contribution in [0.5, 0.6) is 0 Å². The predicted octanol–water partition coefficient (Wildman–Crippen LogP) is 2.58. The van der Waals surface area contributed by atoms with Crippen molar-refractivity contribution >= 4 is 51.3 Å². The van der Waals surface area contributed by atoms with Crippen LogP contribution in [0.1, 0.15) is 5.69 Å². The van der Waals surface area contributed by atoms with Crippen molar-refractivity contribution in [2.24, 2.45) is 4.99 Å².